The van der Waals surface area contributed by atoms with Crippen molar-refractivity contribution >= 4 is 15.8 Å². The van der Waals surface area contributed by atoms with Crippen LogP contribution >= 0.6 is 15.8 Å². The fourth-order valence-corrected chi connectivity index (χ4v) is 3.22. The van der Waals surface area contributed by atoms with Crippen LogP contribution in [-0.2, 0) is 0 Å². The molecule has 18 heavy (non-hydrogen) atoms. The second-order valence-corrected chi connectivity index (χ2v) is 9.43. The van der Waals surface area contributed by atoms with E-state index in [-0.39, 0.29) is 0 Å². The molecule has 1 N–H and O–H groups in total. The summed E-state index contributed by atoms with van der Waals surface area (Å²) in [7, 11) is -1.55. The molecule has 0 aromatic rings. The zero-order valence-corrected chi connectivity index (χ0v) is 12.7. The summed E-state index contributed by atoms with van der Waals surface area (Å²) in [6.45, 7) is 0. The summed E-state index contributed by atoms with van der Waals surface area (Å²) in [6, 6.07) is 0. The van der Waals surface area contributed by atoms with E-state index in [4.69, 9.17) is 0 Å². The van der Waals surface area contributed by atoms with Gasteiger partial charge in [0.25, 0.3) is 0 Å². The standard InChI is InChI=1S/C6H19N3OP.F6P/c1-7(2)11(10,8(3)4)9(5)6;1-7(2,3,4,5)6/h10H,1-6H3;/q+1;-1. The zero-order chi connectivity index (χ0) is 15.6. The summed E-state index contributed by atoms with van der Waals surface area (Å²) in [6.07, 6.45) is 0. The third kappa shape index (κ3) is 11.4. The SMILES string of the molecule is CN(C)[P+](O)(N(C)C)N(C)C.F[P-](F)(F)(F)(F)F. The second kappa shape index (κ2) is 5.00. The van der Waals surface area contributed by atoms with Crippen molar-refractivity contribution in [1.29, 1.82) is 0 Å². The molecule has 116 valence electrons. The summed E-state index contributed by atoms with van der Waals surface area (Å²) < 4.78 is 64.8. The Hall–Kier alpha value is 0.280. The van der Waals surface area contributed by atoms with Crippen LogP contribution in [0.4, 0.5) is 25.2 Å². The third-order valence-corrected chi connectivity index (χ3v) is 4.83. The van der Waals surface area contributed by atoms with Crippen LogP contribution in [-0.4, -0.2) is 61.2 Å². The van der Waals surface area contributed by atoms with E-state index in [0.717, 1.165) is 0 Å². The number of hydrogen-bond donors (Lipinski definition) is 1. The monoisotopic (exact) mass is 325 g/mol. The third-order valence-electron chi connectivity index (χ3n) is 1.61. The topological polar surface area (TPSA) is 30.0 Å². The molecule has 0 radical (unpaired) electrons. The van der Waals surface area contributed by atoms with Gasteiger partial charge < -0.3 is 0 Å². The van der Waals surface area contributed by atoms with Gasteiger partial charge in [-0.3, -0.25) is 0 Å². The summed E-state index contributed by atoms with van der Waals surface area (Å²) in [5.74, 6) is 0. The maximum atomic E-state index is 10.1. The molecule has 0 aromatic heterocycles. The molecule has 0 saturated carbocycles. The van der Waals surface area contributed by atoms with Crippen molar-refractivity contribution < 1.29 is 30.1 Å². The number of hydrogen-bond acceptors (Lipinski definition) is 4. The van der Waals surface area contributed by atoms with Gasteiger partial charge in [-0.25, -0.2) is 0 Å². The number of rotatable bonds is 3. The zero-order valence-electron chi connectivity index (χ0n) is 11.0. The predicted octanol–water partition coefficient (Wildman–Crippen LogP) is 3.72. The van der Waals surface area contributed by atoms with Crippen LogP contribution in [0.5, 0.6) is 0 Å². The van der Waals surface area contributed by atoms with E-state index in [0.29, 0.717) is 0 Å². The normalized spacial score (nSPS) is 17.3. The van der Waals surface area contributed by atoms with E-state index >= 15 is 0 Å². The molecule has 0 saturated heterocycles. The Balaban J connectivity index is 0. The minimum absolute atomic E-state index is 1.85. The van der Waals surface area contributed by atoms with Crippen molar-refractivity contribution in [2.45, 2.75) is 0 Å². The number of halogens is 6. The Morgan fingerprint density at radius 2 is 0.778 bits per heavy atom. The van der Waals surface area contributed by atoms with Crippen LogP contribution in [0, 0.1) is 0 Å². The van der Waals surface area contributed by atoms with Gasteiger partial charge in [-0.1, -0.05) is 0 Å². The van der Waals surface area contributed by atoms with Crippen molar-refractivity contribution in [3.63, 3.8) is 0 Å². The van der Waals surface area contributed by atoms with Gasteiger partial charge in [0.2, 0.25) is 0 Å². The van der Waals surface area contributed by atoms with Gasteiger partial charge in [0.1, 0.15) is 0 Å². The van der Waals surface area contributed by atoms with Crippen LogP contribution in [0.1, 0.15) is 0 Å². The van der Waals surface area contributed by atoms with Crippen molar-refractivity contribution in [3.05, 3.63) is 0 Å². The second-order valence-electron chi connectivity index (χ2n) is 4.04. The molecule has 0 atom stereocenters. The Bertz CT molecular complexity index is 243. The van der Waals surface area contributed by atoms with E-state index in [1.807, 2.05) is 56.3 Å². The first-order valence-electron chi connectivity index (χ1n) is 4.50. The van der Waals surface area contributed by atoms with Crippen molar-refractivity contribution in [2.75, 3.05) is 42.3 Å². The molecule has 0 rings (SSSR count). The van der Waals surface area contributed by atoms with E-state index in [9.17, 15) is 30.1 Å². The summed E-state index contributed by atoms with van der Waals surface area (Å²) in [5.41, 5.74) is 0. The fourth-order valence-electron chi connectivity index (χ4n) is 1.07. The van der Waals surface area contributed by atoms with Crippen LogP contribution in [0.2, 0.25) is 0 Å². The van der Waals surface area contributed by atoms with E-state index < -0.39 is 15.8 Å². The molecule has 0 amide bonds. The first kappa shape index (κ1) is 20.6. The molecule has 12 heteroatoms. The average Bonchev–Trinajstić information content (AvgIpc) is 1.95. The van der Waals surface area contributed by atoms with E-state index in [1.54, 1.807) is 0 Å². The van der Waals surface area contributed by atoms with Gasteiger partial charge in [0.05, 0.1) is 0 Å². The molecule has 0 heterocycles. The fraction of sp³-hybridized carbons (Fsp3) is 1.00. The van der Waals surface area contributed by atoms with Gasteiger partial charge >= 0.3 is 40.9 Å². The molecule has 0 unspecified atom stereocenters. The van der Waals surface area contributed by atoms with Gasteiger partial charge in [-0.15, -0.1) is 14.0 Å². The van der Waals surface area contributed by atoms with Crippen molar-refractivity contribution in [1.82, 2.24) is 14.0 Å². The van der Waals surface area contributed by atoms with Crippen molar-refractivity contribution in [2.24, 2.45) is 0 Å². The van der Waals surface area contributed by atoms with E-state index in [1.165, 1.54) is 0 Å². The predicted molar refractivity (Wildman–Crippen MR) is 63.8 cm³/mol. The van der Waals surface area contributed by atoms with Gasteiger partial charge in [0, 0.05) is 42.3 Å². The number of nitrogens with zero attached hydrogens (tertiary/aromatic N) is 3. The van der Waals surface area contributed by atoms with Crippen LogP contribution in [0.25, 0.3) is 0 Å². The molecule has 0 bridgehead atoms. The van der Waals surface area contributed by atoms with Crippen LogP contribution in [0.3, 0.4) is 0 Å². The summed E-state index contributed by atoms with van der Waals surface area (Å²) in [4.78, 5) is 10.1. The van der Waals surface area contributed by atoms with Crippen LogP contribution < -0.4 is 0 Å². The average molecular weight is 325 g/mol. The first-order valence-corrected chi connectivity index (χ1v) is 8.13. The Kier molecular flexibility index (Phi) is 5.72. The molecular formula is C6H19F6N3OP2. The molecular weight excluding hydrogens is 306 g/mol. The Labute approximate surface area is 103 Å². The molecule has 0 spiro atoms. The first-order chi connectivity index (χ1) is 7.28. The molecule has 0 fully saturated rings. The Morgan fingerprint density at radius 3 is 0.778 bits per heavy atom. The van der Waals surface area contributed by atoms with Crippen molar-refractivity contribution in [3.8, 4) is 0 Å². The minimum atomic E-state index is -10.7. The summed E-state index contributed by atoms with van der Waals surface area (Å²) in [5, 5.41) is 0. The summed E-state index contributed by atoms with van der Waals surface area (Å²) >= 11 is 0. The molecule has 0 aliphatic heterocycles. The quantitative estimate of drug-likeness (QED) is 0.633. The molecule has 0 aliphatic rings. The molecule has 0 aliphatic carbocycles. The van der Waals surface area contributed by atoms with Crippen LogP contribution in [0.15, 0.2) is 0 Å². The van der Waals surface area contributed by atoms with Gasteiger partial charge in [-0.2, -0.15) is 4.89 Å². The molecule has 0 aromatic carbocycles. The van der Waals surface area contributed by atoms with Gasteiger partial charge in [-0.05, 0) is 0 Å². The Morgan fingerprint density at radius 1 is 0.667 bits per heavy atom. The van der Waals surface area contributed by atoms with E-state index in [2.05, 4.69) is 0 Å². The maximum absolute atomic E-state index is 10.7. The van der Waals surface area contributed by atoms with Gasteiger partial charge in [0.15, 0.2) is 0 Å². The molecule has 4 nitrogen and oxygen atoms in total.